The number of hydrogen-bond donors (Lipinski definition) is 1. The summed E-state index contributed by atoms with van der Waals surface area (Å²) in [6, 6.07) is 0. The van der Waals surface area contributed by atoms with Gasteiger partial charge >= 0.3 is 5.97 Å². The molecular weight excluding hydrogens is 369 g/mol. The Morgan fingerprint density at radius 2 is 2.08 bits per heavy atom. The van der Waals surface area contributed by atoms with Crippen molar-refractivity contribution in [3.63, 3.8) is 0 Å². The first-order valence-corrected chi connectivity index (χ1v) is 7.73. The highest BCUT2D eigenvalue weighted by atomic mass is 35.5. The summed E-state index contributed by atoms with van der Waals surface area (Å²) < 4.78 is 10.4. The molecule has 0 radical (unpaired) electrons. The predicted molar refractivity (Wildman–Crippen MR) is 94.8 cm³/mol. The molecule has 25 heavy (non-hydrogen) atoms. The second-order valence-corrected chi connectivity index (χ2v) is 5.16. The molecular formula is C16H13Cl2N3O4. The maximum Gasteiger partial charge on any atom is 0.347 e. The number of ether oxygens (including phenoxy) is 1. The lowest BCUT2D eigenvalue weighted by atomic mass is 10.1. The Morgan fingerprint density at radius 1 is 1.36 bits per heavy atom. The van der Waals surface area contributed by atoms with E-state index in [1.54, 1.807) is 6.92 Å². The molecule has 0 aliphatic heterocycles. The van der Waals surface area contributed by atoms with Gasteiger partial charge in [-0.2, -0.15) is 0 Å². The lowest BCUT2D eigenvalue weighted by Gasteiger charge is -2.08. The molecule has 0 fully saturated rings. The summed E-state index contributed by atoms with van der Waals surface area (Å²) in [5, 5.41) is 10.3. The third-order valence-electron chi connectivity index (χ3n) is 2.96. The van der Waals surface area contributed by atoms with Crippen LogP contribution in [0.3, 0.4) is 0 Å². The summed E-state index contributed by atoms with van der Waals surface area (Å²) in [5.41, 5.74) is -0.0310. The van der Waals surface area contributed by atoms with Gasteiger partial charge < -0.3 is 14.3 Å². The molecule has 0 aromatic carbocycles. The first-order valence-electron chi connectivity index (χ1n) is 6.97. The highest BCUT2D eigenvalue weighted by molar-refractivity contribution is 6.33. The Morgan fingerprint density at radius 3 is 2.60 bits per heavy atom. The minimum atomic E-state index is -0.863. The summed E-state index contributed by atoms with van der Waals surface area (Å²) >= 11 is 11.6. The molecule has 130 valence electrons. The highest BCUT2D eigenvalue weighted by Crippen LogP contribution is 2.30. The maximum atomic E-state index is 12.3. The summed E-state index contributed by atoms with van der Waals surface area (Å²) in [4.78, 5) is 23.9. The van der Waals surface area contributed by atoms with Crippen LogP contribution in [0.5, 0.6) is 0 Å². The van der Waals surface area contributed by atoms with Crippen LogP contribution in [0.2, 0.25) is 10.4 Å². The molecule has 2 heterocycles. The quantitative estimate of drug-likeness (QED) is 0.265. The normalized spacial score (nSPS) is 11.6. The molecule has 9 heteroatoms. The Hall–Kier alpha value is -2.64. The molecule has 0 unspecified atom stereocenters. The van der Waals surface area contributed by atoms with Gasteiger partial charge in [-0.15, -0.1) is 0 Å². The van der Waals surface area contributed by atoms with E-state index in [0.29, 0.717) is 5.69 Å². The van der Waals surface area contributed by atoms with Gasteiger partial charge in [-0.05, 0) is 30.7 Å². The van der Waals surface area contributed by atoms with Gasteiger partial charge in [0, 0.05) is 6.20 Å². The molecule has 0 aliphatic rings. The number of esters is 1. The molecule has 0 amide bonds. The topological polar surface area (TPSA) is 98.3 Å². The van der Waals surface area contributed by atoms with Crippen molar-refractivity contribution >= 4 is 52.7 Å². The highest BCUT2D eigenvalue weighted by Gasteiger charge is 2.27. The van der Waals surface area contributed by atoms with Crippen LogP contribution in [0.4, 0.5) is 0 Å². The van der Waals surface area contributed by atoms with Gasteiger partial charge in [0.2, 0.25) is 11.2 Å². The van der Waals surface area contributed by atoms with Crippen molar-refractivity contribution in [2.24, 2.45) is 0 Å². The van der Waals surface area contributed by atoms with Crippen molar-refractivity contribution < 1.29 is 19.1 Å². The van der Waals surface area contributed by atoms with Gasteiger partial charge in [0.25, 0.3) is 0 Å². The number of nitrogens with zero attached hydrogens (tertiary/aromatic N) is 3. The number of aliphatic hydroxyl groups excluding tert-OH is 1. The molecule has 7 nitrogen and oxygen atoms in total. The zero-order valence-corrected chi connectivity index (χ0v) is 14.6. The number of oxazole rings is 1. The number of hydrogen-bond acceptors (Lipinski definition) is 7. The largest absolute Gasteiger partial charge is 0.506 e. The Balaban J connectivity index is 2.71. The lowest BCUT2D eigenvalue weighted by molar-refractivity contribution is -0.136. The van der Waals surface area contributed by atoms with Gasteiger partial charge in [-0.1, -0.05) is 24.8 Å². The fourth-order valence-corrected chi connectivity index (χ4v) is 2.26. The van der Waals surface area contributed by atoms with E-state index >= 15 is 0 Å². The van der Waals surface area contributed by atoms with Crippen LogP contribution < -0.4 is 0 Å². The van der Waals surface area contributed by atoms with E-state index in [1.807, 2.05) is 0 Å². The molecule has 0 saturated heterocycles. The molecule has 0 saturated carbocycles. The average molecular weight is 382 g/mol. The fourth-order valence-electron chi connectivity index (χ4n) is 1.87. The number of aliphatic hydroxyl groups is 1. The zero-order valence-electron chi connectivity index (χ0n) is 13.1. The second kappa shape index (κ2) is 7.96. The number of carbonyl (C=O) groups is 1. The minimum absolute atomic E-state index is 0.0346. The SMILES string of the molecule is C=Cc1nc(/C(C(=O)OCC)=C(/O)c2cnc(Cl)nc2Cl)oc1C=C. The summed E-state index contributed by atoms with van der Waals surface area (Å²) in [6.07, 6.45) is 3.98. The first kappa shape index (κ1) is 18.7. The Labute approximate surface area is 153 Å². The lowest BCUT2D eigenvalue weighted by Crippen LogP contribution is -2.10. The van der Waals surface area contributed by atoms with E-state index in [2.05, 4.69) is 28.1 Å². The van der Waals surface area contributed by atoms with E-state index < -0.39 is 11.7 Å². The van der Waals surface area contributed by atoms with Gasteiger partial charge in [0.05, 0.1) is 12.2 Å². The van der Waals surface area contributed by atoms with E-state index in [-0.39, 0.29) is 39.8 Å². The van der Waals surface area contributed by atoms with E-state index in [4.69, 9.17) is 32.4 Å². The molecule has 0 aliphatic carbocycles. The molecule has 0 atom stereocenters. The zero-order chi connectivity index (χ0) is 18.6. The first-order chi connectivity index (χ1) is 11.9. The van der Waals surface area contributed by atoms with Gasteiger partial charge in [-0.3, -0.25) is 0 Å². The van der Waals surface area contributed by atoms with E-state index in [1.165, 1.54) is 12.2 Å². The smallest absolute Gasteiger partial charge is 0.347 e. The monoisotopic (exact) mass is 381 g/mol. The van der Waals surface area contributed by atoms with Crippen LogP contribution in [0.15, 0.2) is 23.8 Å². The predicted octanol–water partition coefficient (Wildman–Crippen LogP) is 4.05. The molecule has 1 N–H and O–H groups in total. The van der Waals surface area contributed by atoms with Crippen LogP contribution in [0, 0.1) is 0 Å². The van der Waals surface area contributed by atoms with Crippen molar-refractivity contribution in [2.75, 3.05) is 6.61 Å². The van der Waals surface area contributed by atoms with Crippen LogP contribution in [-0.2, 0) is 9.53 Å². The third kappa shape index (κ3) is 3.89. The maximum absolute atomic E-state index is 12.3. The molecule has 0 spiro atoms. The fraction of sp³-hybridized carbons (Fsp3) is 0.125. The summed E-state index contributed by atoms with van der Waals surface area (Å²) in [6.45, 7) is 8.88. The molecule has 0 bridgehead atoms. The van der Waals surface area contributed by atoms with Crippen LogP contribution in [0.1, 0.15) is 29.8 Å². The number of aromatic nitrogens is 3. The second-order valence-electron chi connectivity index (χ2n) is 4.46. The number of halogens is 2. The van der Waals surface area contributed by atoms with Crippen molar-refractivity contribution in [1.82, 2.24) is 15.0 Å². The summed E-state index contributed by atoms with van der Waals surface area (Å²) in [7, 11) is 0. The van der Waals surface area contributed by atoms with E-state index in [9.17, 15) is 9.90 Å². The van der Waals surface area contributed by atoms with Crippen LogP contribution >= 0.6 is 23.2 Å². The van der Waals surface area contributed by atoms with Crippen LogP contribution in [-0.4, -0.2) is 32.6 Å². The standard InChI is InChI=1S/C16H13Cl2N3O4/c1-4-9-10(5-2)25-14(20-9)11(15(23)24-6-3)12(22)8-7-19-16(18)21-13(8)17/h4-5,7,22H,1-2,6H2,3H3/b12-11-. The Kier molecular flexibility index (Phi) is 5.95. The van der Waals surface area contributed by atoms with Crippen molar-refractivity contribution in [3.8, 4) is 0 Å². The van der Waals surface area contributed by atoms with Gasteiger partial charge in [0.15, 0.2) is 11.3 Å². The van der Waals surface area contributed by atoms with Crippen molar-refractivity contribution in [2.45, 2.75) is 6.92 Å². The van der Waals surface area contributed by atoms with Crippen LogP contribution in [0.25, 0.3) is 23.5 Å². The number of carbonyl (C=O) groups excluding carboxylic acids is 1. The van der Waals surface area contributed by atoms with Crippen molar-refractivity contribution in [3.05, 3.63) is 52.7 Å². The van der Waals surface area contributed by atoms with Gasteiger partial charge in [0.1, 0.15) is 16.6 Å². The average Bonchev–Trinajstić information content (AvgIpc) is 2.98. The van der Waals surface area contributed by atoms with Gasteiger partial charge in [-0.25, -0.2) is 19.7 Å². The summed E-state index contributed by atoms with van der Waals surface area (Å²) in [5.74, 6) is -1.34. The minimum Gasteiger partial charge on any atom is -0.506 e. The third-order valence-corrected chi connectivity index (χ3v) is 3.43. The molecule has 2 aromatic heterocycles. The van der Waals surface area contributed by atoms with E-state index in [0.717, 1.165) is 6.20 Å². The van der Waals surface area contributed by atoms with Crippen molar-refractivity contribution in [1.29, 1.82) is 0 Å². The molecule has 2 rings (SSSR count). The number of rotatable bonds is 6. The molecule has 2 aromatic rings. The Bertz CT molecular complexity index is 849.